The fraction of sp³-hybridized carbons (Fsp3) is 0.438. The van der Waals surface area contributed by atoms with E-state index in [-0.39, 0.29) is 23.2 Å². The van der Waals surface area contributed by atoms with Crippen molar-refractivity contribution in [2.24, 2.45) is 23.2 Å². The van der Waals surface area contributed by atoms with E-state index in [9.17, 15) is 22.8 Å². The highest BCUT2D eigenvalue weighted by Crippen LogP contribution is 2.60. The van der Waals surface area contributed by atoms with Crippen LogP contribution in [0.2, 0.25) is 0 Å². The van der Waals surface area contributed by atoms with Gasteiger partial charge in [0, 0.05) is 19.3 Å². The van der Waals surface area contributed by atoms with Crippen LogP contribution in [-0.2, 0) is 11.0 Å². The number of esters is 1. The van der Waals surface area contributed by atoms with E-state index in [2.05, 4.69) is 25.9 Å². The summed E-state index contributed by atoms with van der Waals surface area (Å²) < 4.78 is 53.3. The lowest BCUT2D eigenvalue weighted by Gasteiger charge is -2.55. The standard InChI is InChI=1S/C32H34F3N5O4/c1-17-5-4-6-22(28(41)36-2)26(17)39-27-23(32(33,34)35)16-37-30(40-27)38-24-8-7-21(12-25(24)43-3)44-29(42)31-13-18-9-19(14-31)11-20(10-18)15-31/h4-8,12,16,18-20H,9-11,13-15H2,1-3H3,(H,36,41)(H2,37,38,39,40). The highest BCUT2D eigenvalue weighted by atomic mass is 19.4. The summed E-state index contributed by atoms with van der Waals surface area (Å²) in [5.41, 5.74) is -0.278. The molecule has 3 aromatic rings. The van der Waals surface area contributed by atoms with E-state index in [0.717, 1.165) is 19.3 Å². The van der Waals surface area contributed by atoms with Crippen LogP contribution in [-0.4, -0.2) is 36.0 Å². The van der Waals surface area contributed by atoms with E-state index in [0.29, 0.717) is 46.7 Å². The molecule has 0 unspecified atom stereocenters. The molecular weight excluding hydrogens is 575 g/mol. The third-order valence-corrected chi connectivity index (χ3v) is 9.18. The van der Waals surface area contributed by atoms with Gasteiger partial charge in [0.25, 0.3) is 5.91 Å². The summed E-state index contributed by atoms with van der Waals surface area (Å²) in [4.78, 5) is 33.9. The molecule has 4 bridgehead atoms. The number of amides is 1. The Kier molecular flexibility index (Phi) is 7.63. The van der Waals surface area contributed by atoms with E-state index in [1.54, 1.807) is 37.3 Å². The third kappa shape index (κ3) is 5.65. The van der Waals surface area contributed by atoms with Gasteiger partial charge in [0.15, 0.2) is 0 Å². The molecule has 12 heteroatoms. The van der Waals surface area contributed by atoms with Crippen molar-refractivity contribution in [2.75, 3.05) is 24.8 Å². The quantitative estimate of drug-likeness (QED) is 0.189. The SMILES string of the molecule is CNC(=O)c1cccc(C)c1Nc1nc(Nc2ccc(OC(=O)C34CC5CC(CC(C5)C3)C4)cc2OC)ncc1C(F)(F)F. The van der Waals surface area contributed by atoms with Crippen LogP contribution in [0.5, 0.6) is 11.5 Å². The molecule has 9 nitrogen and oxygen atoms in total. The number of carbonyl (C=O) groups is 2. The zero-order valence-corrected chi connectivity index (χ0v) is 24.7. The Morgan fingerprint density at radius 1 is 1.00 bits per heavy atom. The molecule has 4 saturated carbocycles. The van der Waals surface area contributed by atoms with Crippen LogP contribution in [0.4, 0.5) is 36.3 Å². The topological polar surface area (TPSA) is 114 Å². The molecule has 0 spiro atoms. The molecule has 4 aliphatic rings. The van der Waals surface area contributed by atoms with E-state index in [4.69, 9.17) is 9.47 Å². The Bertz CT molecular complexity index is 1570. The van der Waals surface area contributed by atoms with Crippen LogP contribution in [0, 0.1) is 30.1 Å². The van der Waals surface area contributed by atoms with Gasteiger partial charge in [0.05, 0.1) is 29.5 Å². The van der Waals surface area contributed by atoms with E-state index >= 15 is 0 Å². The lowest BCUT2D eigenvalue weighted by molar-refractivity contribution is -0.161. The van der Waals surface area contributed by atoms with Crippen LogP contribution in [0.3, 0.4) is 0 Å². The Morgan fingerprint density at radius 2 is 1.68 bits per heavy atom. The van der Waals surface area contributed by atoms with Crippen LogP contribution >= 0.6 is 0 Å². The molecule has 4 fully saturated rings. The van der Waals surface area contributed by atoms with Crippen molar-refractivity contribution in [1.29, 1.82) is 0 Å². The van der Waals surface area contributed by atoms with Gasteiger partial charge in [-0.15, -0.1) is 0 Å². The number of benzene rings is 2. The molecule has 1 amide bonds. The average molecular weight is 610 g/mol. The maximum absolute atomic E-state index is 14.0. The van der Waals surface area contributed by atoms with Crippen molar-refractivity contribution in [3.8, 4) is 11.5 Å². The predicted octanol–water partition coefficient (Wildman–Crippen LogP) is 6.78. The molecule has 1 aromatic heterocycles. The average Bonchev–Trinajstić information content (AvgIpc) is 2.97. The number of hydrogen-bond donors (Lipinski definition) is 3. The number of anilines is 4. The summed E-state index contributed by atoms with van der Waals surface area (Å²) in [6.07, 6.45) is 2.18. The van der Waals surface area contributed by atoms with Crippen LogP contribution in [0.15, 0.2) is 42.6 Å². The minimum absolute atomic E-state index is 0.146. The van der Waals surface area contributed by atoms with Gasteiger partial charge < -0.3 is 25.4 Å². The van der Waals surface area contributed by atoms with Crippen molar-refractivity contribution in [3.05, 3.63) is 59.3 Å². The third-order valence-electron chi connectivity index (χ3n) is 9.18. The fourth-order valence-electron chi connectivity index (χ4n) is 7.56. The molecular formula is C32H34F3N5O4. The number of methoxy groups -OCH3 is 1. The molecule has 44 heavy (non-hydrogen) atoms. The summed E-state index contributed by atoms with van der Waals surface area (Å²) in [6.45, 7) is 1.67. The molecule has 2 aromatic carbocycles. The van der Waals surface area contributed by atoms with Gasteiger partial charge in [-0.25, -0.2) is 4.98 Å². The number of aryl methyl sites for hydroxylation is 1. The monoisotopic (exact) mass is 609 g/mol. The fourth-order valence-corrected chi connectivity index (χ4v) is 7.56. The maximum atomic E-state index is 14.0. The first-order chi connectivity index (χ1) is 21.0. The lowest BCUT2D eigenvalue weighted by atomic mass is 9.49. The summed E-state index contributed by atoms with van der Waals surface area (Å²) in [5.74, 6) is 1.06. The number of nitrogens with one attached hydrogen (secondary N) is 3. The number of halogens is 3. The number of para-hydroxylation sites is 1. The molecule has 0 radical (unpaired) electrons. The van der Waals surface area contributed by atoms with Gasteiger partial charge in [-0.2, -0.15) is 18.2 Å². The number of ether oxygens (including phenoxy) is 2. The van der Waals surface area contributed by atoms with Gasteiger partial charge in [0.1, 0.15) is 22.9 Å². The highest BCUT2D eigenvalue weighted by molar-refractivity contribution is 6.00. The number of hydrogen-bond acceptors (Lipinski definition) is 8. The van der Waals surface area contributed by atoms with Gasteiger partial charge in [-0.05, 0) is 87.0 Å². The predicted molar refractivity (Wildman–Crippen MR) is 157 cm³/mol. The van der Waals surface area contributed by atoms with Crippen molar-refractivity contribution >= 4 is 35.0 Å². The second kappa shape index (κ2) is 11.3. The summed E-state index contributed by atoms with van der Waals surface area (Å²) in [5, 5.41) is 8.11. The first-order valence-corrected chi connectivity index (χ1v) is 14.7. The lowest BCUT2D eigenvalue weighted by Crippen LogP contribution is -2.51. The van der Waals surface area contributed by atoms with Crippen molar-refractivity contribution in [3.63, 3.8) is 0 Å². The normalized spacial score (nSPS) is 23.6. The van der Waals surface area contributed by atoms with E-state index < -0.39 is 28.9 Å². The number of nitrogens with zero attached hydrogens (tertiary/aromatic N) is 2. The summed E-state index contributed by atoms with van der Waals surface area (Å²) in [6, 6.07) is 9.58. The molecule has 4 aliphatic carbocycles. The van der Waals surface area contributed by atoms with Crippen molar-refractivity contribution < 1.29 is 32.2 Å². The first kappa shape index (κ1) is 29.7. The number of carbonyl (C=O) groups excluding carboxylic acids is 2. The summed E-state index contributed by atoms with van der Waals surface area (Å²) in [7, 11) is 2.87. The van der Waals surface area contributed by atoms with Gasteiger partial charge in [-0.1, -0.05) is 12.1 Å². The molecule has 232 valence electrons. The Hall–Kier alpha value is -4.35. The number of rotatable bonds is 8. The molecule has 0 saturated heterocycles. The van der Waals surface area contributed by atoms with Crippen LogP contribution < -0.4 is 25.4 Å². The van der Waals surface area contributed by atoms with E-state index in [1.807, 2.05) is 0 Å². The highest BCUT2D eigenvalue weighted by Gasteiger charge is 2.55. The second-order valence-electron chi connectivity index (χ2n) is 12.2. The molecule has 1 heterocycles. The largest absolute Gasteiger partial charge is 0.494 e. The van der Waals surface area contributed by atoms with Crippen LogP contribution in [0.1, 0.15) is 60.0 Å². The first-order valence-electron chi connectivity index (χ1n) is 14.7. The minimum atomic E-state index is -4.77. The Labute approximate surface area is 253 Å². The molecule has 0 aliphatic heterocycles. The van der Waals surface area contributed by atoms with Gasteiger partial charge in [0.2, 0.25) is 5.95 Å². The molecule has 3 N–H and O–H groups in total. The second-order valence-corrected chi connectivity index (χ2v) is 12.2. The molecule has 0 atom stereocenters. The minimum Gasteiger partial charge on any atom is -0.494 e. The summed E-state index contributed by atoms with van der Waals surface area (Å²) >= 11 is 0. The van der Waals surface area contributed by atoms with Gasteiger partial charge in [-0.3, -0.25) is 9.59 Å². The van der Waals surface area contributed by atoms with Crippen LogP contribution in [0.25, 0.3) is 0 Å². The number of aromatic nitrogens is 2. The zero-order valence-electron chi connectivity index (χ0n) is 24.7. The zero-order chi connectivity index (χ0) is 31.2. The Morgan fingerprint density at radius 3 is 2.30 bits per heavy atom. The van der Waals surface area contributed by atoms with Gasteiger partial charge >= 0.3 is 12.1 Å². The smallest absolute Gasteiger partial charge is 0.421 e. The van der Waals surface area contributed by atoms with E-state index in [1.165, 1.54) is 39.5 Å². The number of alkyl halides is 3. The molecule has 7 rings (SSSR count). The van der Waals surface area contributed by atoms with Crippen molar-refractivity contribution in [2.45, 2.75) is 51.6 Å². The maximum Gasteiger partial charge on any atom is 0.421 e. The Balaban J connectivity index is 1.25. The van der Waals surface area contributed by atoms with Crippen molar-refractivity contribution in [1.82, 2.24) is 15.3 Å².